The van der Waals surface area contributed by atoms with Crippen LogP contribution in [-0.2, 0) is 20.7 Å². The van der Waals surface area contributed by atoms with Crippen LogP contribution in [0.1, 0.15) is 23.4 Å². The third kappa shape index (κ3) is 5.22. The molecule has 2 aromatic heterocycles. The SMILES string of the molecule is Cc1nc2c3ccccc3nn2c(C)c1CCC(=O)Nc1ccc(NC(=O)CN2CCOCC2)cc1. The number of benzene rings is 2. The average molecular weight is 487 g/mol. The van der Waals surface area contributed by atoms with Crippen LogP contribution in [-0.4, -0.2) is 64.2 Å². The van der Waals surface area contributed by atoms with Crippen molar-refractivity contribution in [3.63, 3.8) is 0 Å². The number of rotatable bonds is 7. The smallest absolute Gasteiger partial charge is 0.238 e. The summed E-state index contributed by atoms with van der Waals surface area (Å²) in [5.74, 6) is -0.140. The minimum absolute atomic E-state index is 0.0601. The highest BCUT2D eigenvalue weighted by molar-refractivity contribution is 5.94. The number of nitrogens with zero attached hydrogens (tertiary/aromatic N) is 4. The van der Waals surface area contributed by atoms with Gasteiger partial charge in [-0.25, -0.2) is 9.50 Å². The fourth-order valence-electron chi connectivity index (χ4n) is 4.60. The fourth-order valence-corrected chi connectivity index (χ4v) is 4.60. The van der Waals surface area contributed by atoms with Crippen molar-refractivity contribution in [1.82, 2.24) is 19.5 Å². The number of hydrogen-bond donors (Lipinski definition) is 2. The summed E-state index contributed by atoms with van der Waals surface area (Å²) < 4.78 is 7.18. The summed E-state index contributed by atoms with van der Waals surface area (Å²) >= 11 is 0. The van der Waals surface area contributed by atoms with Gasteiger partial charge in [0.2, 0.25) is 11.8 Å². The minimum atomic E-state index is -0.0800. The van der Waals surface area contributed by atoms with Crippen LogP contribution < -0.4 is 10.6 Å². The number of aryl methyl sites for hydroxylation is 2. The van der Waals surface area contributed by atoms with Crippen molar-refractivity contribution >= 4 is 39.7 Å². The van der Waals surface area contributed by atoms with E-state index in [4.69, 9.17) is 9.72 Å². The minimum Gasteiger partial charge on any atom is -0.379 e. The summed E-state index contributed by atoms with van der Waals surface area (Å²) in [6, 6.07) is 15.1. The van der Waals surface area contributed by atoms with Crippen LogP contribution in [0.15, 0.2) is 48.5 Å². The Morgan fingerprint density at radius 3 is 2.33 bits per heavy atom. The second-order valence-corrected chi connectivity index (χ2v) is 9.08. The van der Waals surface area contributed by atoms with Gasteiger partial charge in [0, 0.05) is 47.7 Å². The molecule has 186 valence electrons. The second kappa shape index (κ2) is 10.4. The molecule has 36 heavy (non-hydrogen) atoms. The molecule has 1 fully saturated rings. The van der Waals surface area contributed by atoms with Gasteiger partial charge in [-0.1, -0.05) is 12.1 Å². The molecule has 0 atom stereocenters. The van der Waals surface area contributed by atoms with Crippen molar-refractivity contribution in [3.8, 4) is 0 Å². The zero-order chi connectivity index (χ0) is 25.1. The molecule has 0 radical (unpaired) electrons. The maximum absolute atomic E-state index is 12.7. The monoisotopic (exact) mass is 486 g/mol. The third-order valence-electron chi connectivity index (χ3n) is 6.54. The summed E-state index contributed by atoms with van der Waals surface area (Å²) in [5, 5.41) is 11.6. The summed E-state index contributed by atoms with van der Waals surface area (Å²) in [6.45, 7) is 7.19. The molecule has 0 unspecified atom stereocenters. The van der Waals surface area contributed by atoms with E-state index in [2.05, 4.69) is 20.6 Å². The number of morpholine rings is 1. The highest BCUT2D eigenvalue weighted by Crippen LogP contribution is 2.23. The molecule has 9 heteroatoms. The largest absolute Gasteiger partial charge is 0.379 e. The lowest BCUT2D eigenvalue weighted by Gasteiger charge is -2.25. The first-order valence-corrected chi connectivity index (χ1v) is 12.2. The zero-order valence-electron chi connectivity index (χ0n) is 20.6. The Morgan fingerprint density at radius 2 is 1.61 bits per heavy atom. The first-order chi connectivity index (χ1) is 17.5. The summed E-state index contributed by atoms with van der Waals surface area (Å²) in [5.41, 5.74) is 6.07. The molecular weight excluding hydrogens is 456 g/mol. The number of aromatic nitrogens is 3. The van der Waals surface area contributed by atoms with Gasteiger partial charge in [-0.05, 0) is 62.2 Å². The van der Waals surface area contributed by atoms with Crippen LogP contribution in [0.25, 0.3) is 16.6 Å². The number of fused-ring (bicyclic) bond motifs is 3. The Hall–Kier alpha value is -3.82. The van der Waals surface area contributed by atoms with E-state index < -0.39 is 0 Å². The lowest BCUT2D eigenvalue weighted by atomic mass is 10.1. The van der Waals surface area contributed by atoms with Crippen LogP contribution in [0.2, 0.25) is 0 Å². The molecule has 0 bridgehead atoms. The van der Waals surface area contributed by atoms with E-state index >= 15 is 0 Å². The molecule has 2 amide bonds. The summed E-state index contributed by atoms with van der Waals surface area (Å²) in [6.07, 6.45) is 0.895. The van der Waals surface area contributed by atoms with Crippen LogP contribution in [0.3, 0.4) is 0 Å². The van der Waals surface area contributed by atoms with Gasteiger partial charge in [0.25, 0.3) is 0 Å². The molecule has 0 spiro atoms. The van der Waals surface area contributed by atoms with Gasteiger partial charge >= 0.3 is 0 Å². The number of ether oxygens (including phenoxy) is 1. The van der Waals surface area contributed by atoms with Crippen LogP contribution in [0, 0.1) is 13.8 Å². The average Bonchev–Trinajstić information content (AvgIpc) is 3.24. The van der Waals surface area contributed by atoms with Crippen molar-refractivity contribution in [2.24, 2.45) is 0 Å². The normalized spacial score (nSPS) is 14.3. The quantitative estimate of drug-likeness (QED) is 0.416. The first-order valence-electron chi connectivity index (χ1n) is 12.2. The number of carbonyl (C=O) groups excluding carboxylic acids is 2. The third-order valence-corrected chi connectivity index (χ3v) is 6.54. The molecule has 1 aliphatic heterocycles. The molecule has 0 saturated carbocycles. The van der Waals surface area contributed by atoms with E-state index in [1.807, 2.05) is 42.6 Å². The second-order valence-electron chi connectivity index (χ2n) is 9.08. The van der Waals surface area contributed by atoms with E-state index in [0.717, 1.165) is 46.6 Å². The predicted molar refractivity (Wildman–Crippen MR) is 139 cm³/mol. The van der Waals surface area contributed by atoms with E-state index in [1.165, 1.54) is 0 Å². The predicted octanol–water partition coefficient (Wildman–Crippen LogP) is 3.34. The number of anilines is 2. The number of carbonyl (C=O) groups is 2. The highest BCUT2D eigenvalue weighted by atomic mass is 16.5. The molecule has 5 rings (SSSR count). The standard InChI is InChI=1S/C27H30N6O3/c1-18-22(19(2)33-27(28-18)23-5-3-4-6-24(23)31-33)11-12-25(34)29-20-7-9-21(10-8-20)30-26(35)17-32-13-15-36-16-14-32/h3-10H,11-17H2,1-2H3,(H,29,34)(H,30,35). The molecule has 1 aliphatic rings. The maximum atomic E-state index is 12.7. The first kappa shape index (κ1) is 23.9. The molecule has 0 aliphatic carbocycles. The van der Waals surface area contributed by atoms with Gasteiger partial charge in [-0.3, -0.25) is 14.5 Å². The van der Waals surface area contributed by atoms with Gasteiger partial charge in [0.15, 0.2) is 5.65 Å². The number of nitrogens with one attached hydrogen (secondary N) is 2. The van der Waals surface area contributed by atoms with E-state index in [1.54, 1.807) is 24.3 Å². The molecular formula is C27H30N6O3. The summed E-state index contributed by atoms with van der Waals surface area (Å²) in [7, 11) is 0. The number of hydrogen-bond acceptors (Lipinski definition) is 6. The molecule has 3 heterocycles. The lowest BCUT2D eigenvalue weighted by molar-refractivity contribution is -0.118. The topological polar surface area (TPSA) is 101 Å². The van der Waals surface area contributed by atoms with Crippen molar-refractivity contribution in [2.45, 2.75) is 26.7 Å². The van der Waals surface area contributed by atoms with Crippen LogP contribution in [0.4, 0.5) is 11.4 Å². The Labute approximate surface area is 209 Å². The maximum Gasteiger partial charge on any atom is 0.238 e. The van der Waals surface area contributed by atoms with Gasteiger partial charge in [0.05, 0.1) is 25.3 Å². The molecule has 9 nitrogen and oxygen atoms in total. The van der Waals surface area contributed by atoms with E-state index in [9.17, 15) is 9.59 Å². The Kier molecular flexibility index (Phi) is 6.92. The number of amides is 2. The van der Waals surface area contributed by atoms with Crippen molar-refractivity contribution in [2.75, 3.05) is 43.5 Å². The molecule has 4 aromatic rings. The molecule has 2 aromatic carbocycles. The van der Waals surface area contributed by atoms with Gasteiger partial charge in [-0.2, -0.15) is 5.10 Å². The Balaban J connectivity index is 1.17. The van der Waals surface area contributed by atoms with Gasteiger partial charge < -0.3 is 15.4 Å². The zero-order valence-corrected chi connectivity index (χ0v) is 20.6. The van der Waals surface area contributed by atoms with Crippen molar-refractivity contribution in [3.05, 3.63) is 65.5 Å². The van der Waals surface area contributed by atoms with Gasteiger partial charge in [-0.15, -0.1) is 0 Å². The van der Waals surface area contributed by atoms with Crippen molar-refractivity contribution < 1.29 is 14.3 Å². The molecule has 2 N–H and O–H groups in total. The summed E-state index contributed by atoms with van der Waals surface area (Å²) in [4.78, 5) is 31.8. The van der Waals surface area contributed by atoms with E-state index in [-0.39, 0.29) is 11.8 Å². The van der Waals surface area contributed by atoms with Crippen LogP contribution >= 0.6 is 0 Å². The van der Waals surface area contributed by atoms with Gasteiger partial charge in [0.1, 0.15) is 0 Å². The molecule has 1 saturated heterocycles. The lowest BCUT2D eigenvalue weighted by Crippen LogP contribution is -2.41. The Morgan fingerprint density at radius 1 is 0.944 bits per heavy atom. The Bertz CT molecular complexity index is 1410. The van der Waals surface area contributed by atoms with Crippen LogP contribution in [0.5, 0.6) is 0 Å². The highest BCUT2D eigenvalue weighted by Gasteiger charge is 2.16. The fraction of sp³-hybridized carbons (Fsp3) is 0.333. The van der Waals surface area contributed by atoms with Crippen molar-refractivity contribution in [1.29, 1.82) is 0 Å². The van der Waals surface area contributed by atoms with E-state index in [0.29, 0.717) is 44.0 Å².